The zero-order valence-corrected chi connectivity index (χ0v) is 27.0. The second-order valence-electron chi connectivity index (χ2n) is 12.1. The molecular weight excluding hydrogens is 594 g/mol. The number of carbonyl (C=O) groups excluding carboxylic acids is 2. The van der Waals surface area contributed by atoms with Crippen molar-refractivity contribution in [3.63, 3.8) is 0 Å². The number of amides is 2. The van der Waals surface area contributed by atoms with Crippen molar-refractivity contribution in [2.45, 2.75) is 32.0 Å². The van der Waals surface area contributed by atoms with Gasteiger partial charge < -0.3 is 19.6 Å². The second-order valence-corrected chi connectivity index (χ2v) is 12.6. The zero-order chi connectivity index (χ0) is 31.9. The Labute approximate surface area is 276 Å². The number of halogens is 1. The number of fused-ring (bicyclic) bond motifs is 1. The standard InChI is InChI=1S/C38H40ClN5O2/c1-41-21-23-42(24-22-41)35-16-11-30(12-17-35)27-44(37(45)18-15-34-14-13-33(39)26-40-34)36(25-29-7-3-2-4-8-29)38(46)43-20-19-31-9-5-6-10-32(31)28-43/h2-18,26,36H,19-25,27-28H2,1H3. The van der Waals surface area contributed by atoms with E-state index >= 15 is 0 Å². The van der Waals surface area contributed by atoms with E-state index < -0.39 is 6.04 Å². The molecule has 2 aliphatic heterocycles. The van der Waals surface area contributed by atoms with E-state index in [2.05, 4.69) is 58.2 Å². The Bertz CT molecular complexity index is 1650. The fourth-order valence-electron chi connectivity index (χ4n) is 6.22. The van der Waals surface area contributed by atoms with Crippen molar-refractivity contribution in [2.24, 2.45) is 0 Å². The Kier molecular flexibility index (Phi) is 10.1. The molecule has 46 heavy (non-hydrogen) atoms. The number of anilines is 1. The molecule has 0 aliphatic carbocycles. The minimum Gasteiger partial charge on any atom is -0.369 e. The van der Waals surface area contributed by atoms with Crippen LogP contribution in [0.4, 0.5) is 5.69 Å². The Morgan fingerprint density at radius 3 is 2.28 bits per heavy atom. The highest BCUT2D eigenvalue weighted by atomic mass is 35.5. The summed E-state index contributed by atoms with van der Waals surface area (Å²) in [6.45, 7) is 5.48. The van der Waals surface area contributed by atoms with Crippen molar-refractivity contribution in [3.8, 4) is 0 Å². The number of hydrogen-bond acceptors (Lipinski definition) is 5. The van der Waals surface area contributed by atoms with E-state index in [4.69, 9.17) is 11.6 Å². The van der Waals surface area contributed by atoms with Crippen LogP contribution in [0.15, 0.2) is 103 Å². The summed E-state index contributed by atoms with van der Waals surface area (Å²) < 4.78 is 0. The molecule has 1 unspecified atom stereocenters. The largest absolute Gasteiger partial charge is 0.369 e. The van der Waals surface area contributed by atoms with Crippen LogP contribution in [0.3, 0.4) is 0 Å². The summed E-state index contributed by atoms with van der Waals surface area (Å²) in [4.78, 5) is 41.4. The molecular formula is C38H40ClN5O2. The van der Waals surface area contributed by atoms with Gasteiger partial charge >= 0.3 is 0 Å². The van der Waals surface area contributed by atoms with E-state index in [0.29, 0.717) is 36.8 Å². The SMILES string of the molecule is CN1CCN(c2ccc(CN(C(=O)C=Cc3ccc(Cl)cn3)C(Cc3ccccc3)C(=O)N3CCc4ccccc4C3)cc2)CC1. The van der Waals surface area contributed by atoms with Crippen LogP contribution in [-0.4, -0.2) is 77.3 Å². The number of carbonyl (C=O) groups is 2. The predicted molar refractivity (Wildman–Crippen MR) is 184 cm³/mol. The molecule has 1 saturated heterocycles. The topological polar surface area (TPSA) is 60.0 Å². The molecule has 6 rings (SSSR count). The van der Waals surface area contributed by atoms with Crippen molar-refractivity contribution in [2.75, 3.05) is 44.7 Å². The van der Waals surface area contributed by atoms with Gasteiger partial charge in [0.05, 0.1) is 10.7 Å². The highest BCUT2D eigenvalue weighted by molar-refractivity contribution is 6.30. The Morgan fingerprint density at radius 2 is 1.57 bits per heavy atom. The summed E-state index contributed by atoms with van der Waals surface area (Å²) in [6.07, 6.45) is 5.97. The van der Waals surface area contributed by atoms with E-state index in [1.165, 1.54) is 17.3 Å². The molecule has 2 aliphatic rings. The van der Waals surface area contributed by atoms with Crippen LogP contribution in [0.5, 0.6) is 0 Å². The van der Waals surface area contributed by atoms with Crippen molar-refractivity contribution in [1.82, 2.24) is 19.7 Å². The molecule has 2 amide bonds. The molecule has 236 valence electrons. The normalized spacial score (nSPS) is 15.9. The van der Waals surface area contributed by atoms with E-state index in [1.807, 2.05) is 47.4 Å². The average Bonchev–Trinajstić information content (AvgIpc) is 3.10. The van der Waals surface area contributed by atoms with Crippen LogP contribution < -0.4 is 4.90 Å². The molecule has 0 saturated carbocycles. The maximum Gasteiger partial charge on any atom is 0.247 e. The van der Waals surface area contributed by atoms with E-state index in [-0.39, 0.29) is 11.8 Å². The van der Waals surface area contributed by atoms with Crippen molar-refractivity contribution >= 4 is 35.2 Å². The molecule has 3 aromatic carbocycles. The van der Waals surface area contributed by atoms with Gasteiger partial charge in [0.15, 0.2) is 0 Å². The molecule has 8 heteroatoms. The first kappa shape index (κ1) is 31.5. The van der Waals surface area contributed by atoms with Gasteiger partial charge in [0, 0.05) is 70.2 Å². The fourth-order valence-corrected chi connectivity index (χ4v) is 6.33. The maximum absolute atomic E-state index is 14.5. The van der Waals surface area contributed by atoms with Gasteiger partial charge in [-0.1, -0.05) is 78.3 Å². The maximum atomic E-state index is 14.5. The molecule has 4 aromatic rings. The lowest BCUT2D eigenvalue weighted by molar-refractivity contribution is -0.144. The van der Waals surface area contributed by atoms with Crippen LogP contribution >= 0.6 is 11.6 Å². The number of rotatable bonds is 9. The quantitative estimate of drug-likeness (QED) is 0.221. The van der Waals surface area contributed by atoms with Crippen molar-refractivity contribution in [3.05, 3.63) is 136 Å². The van der Waals surface area contributed by atoms with Crippen LogP contribution in [0.25, 0.3) is 6.08 Å². The smallest absolute Gasteiger partial charge is 0.247 e. The summed E-state index contributed by atoms with van der Waals surface area (Å²) >= 11 is 6.03. The summed E-state index contributed by atoms with van der Waals surface area (Å²) in [5, 5.41) is 0.529. The van der Waals surface area contributed by atoms with Crippen molar-refractivity contribution in [1.29, 1.82) is 0 Å². The highest BCUT2D eigenvalue weighted by Crippen LogP contribution is 2.24. The molecule has 0 spiro atoms. The molecule has 1 fully saturated rings. The average molecular weight is 634 g/mol. The molecule has 1 atom stereocenters. The summed E-state index contributed by atoms with van der Waals surface area (Å²) in [6, 6.07) is 29.5. The van der Waals surface area contributed by atoms with Gasteiger partial charge in [0.25, 0.3) is 0 Å². The van der Waals surface area contributed by atoms with E-state index in [0.717, 1.165) is 49.3 Å². The van der Waals surface area contributed by atoms with Gasteiger partial charge in [-0.2, -0.15) is 0 Å². The fraction of sp³-hybridized carbons (Fsp3) is 0.289. The number of hydrogen-bond donors (Lipinski definition) is 0. The molecule has 1 aromatic heterocycles. The zero-order valence-electron chi connectivity index (χ0n) is 26.3. The number of benzene rings is 3. The third kappa shape index (κ3) is 7.84. The lowest BCUT2D eigenvalue weighted by Crippen LogP contribution is -2.52. The Hall–Kier alpha value is -4.46. The van der Waals surface area contributed by atoms with Gasteiger partial charge in [-0.05, 0) is 66.1 Å². The number of piperazine rings is 1. The minimum atomic E-state index is -0.694. The van der Waals surface area contributed by atoms with Gasteiger partial charge in [0.2, 0.25) is 11.8 Å². The molecule has 0 radical (unpaired) electrons. The second kappa shape index (κ2) is 14.8. The first-order valence-electron chi connectivity index (χ1n) is 15.9. The number of nitrogens with zero attached hydrogens (tertiary/aromatic N) is 5. The number of likely N-dealkylation sites (N-methyl/N-ethyl adjacent to an activating group) is 1. The lowest BCUT2D eigenvalue weighted by atomic mass is 9.97. The predicted octanol–water partition coefficient (Wildman–Crippen LogP) is 5.73. The summed E-state index contributed by atoms with van der Waals surface area (Å²) in [5.41, 5.74) is 6.20. The lowest BCUT2D eigenvalue weighted by Gasteiger charge is -2.37. The monoisotopic (exact) mass is 633 g/mol. The summed E-state index contributed by atoms with van der Waals surface area (Å²) in [7, 11) is 2.15. The van der Waals surface area contributed by atoms with Crippen LogP contribution in [0, 0.1) is 0 Å². The highest BCUT2D eigenvalue weighted by Gasteiger charge is 2.34. The first-order valence-corrected chi connectivity index (χ1v) is 16.3. The molecule has 7 nitrogen and oxygen atoms in total. The number of pyridine rings is 1. The molecule has 0 N–H and O–H groups in total. The van der Waals surface area contributed by atoms with E-state index in [1.54, 1.807) is 29.3 Å². The van der Waals surface area contributed by atoms with Gasteiger partial charge in [-0.15, -0.1) is 0 Å². The van der Waals surface area contributed by atoms with Crippen LogP contribution in [-0.2, 0) is 35.5 Å². The minimum absolute atomic E-state index is 0.0428. The molecule has 0 bridgehead atoms. The van der Waals surface area contributed by atoms with Gasteiger partial charge in [0.1, 0.15) is 6.04 Å². The summed E-state index contributed by atoms with van der Waals surface area (Å²) in [5.74, 6) is -0.287. The van der Waals surface area contributed by atoms with Gasteiger partial charge in [-0.25, -0.2) is 0 Å². The van der Waals surface area contributed by atoms with Crippen molar-refractivity contribution < 1.29 is 9.59 Å². The Morgan fingerprint density at radius 1 is 0.848 bits per heavy atom. The van der Waals surface area contributed by atoms with E-state index in [9.17, 15) is 9.59 Å². The molecule has 3 heterocycles. The third-order valence-electron chi connectivity index (χ3n) is 8.96. The van der Waals surface area contributed by atoms with Crippen LogP contribution in [0.1, 0.15) is 27.9 Å². The Balaban J connectivity index is 1.31. The van der Waals surface area contributed by atoms with Crippen LogP contribution in [0.2, 0.25) is 5.02 Å². The third-order valence-corrected chi connectivity index (χ3v) is 9.19. The first-order chi connectivity index (χ1) is 22.4. The van der Waals surface area contributed by atoms with Gasteiger partial charge in [-0.3, -0.25) is 14.6 Å². The number of aromatic nitrogens is 1.